The molecule has 2 aromatic heterocycles. The van der Waals surface area contributed by atoms with E-state index in [1.54, 1.807) is 4.57 Å². The third-order valence-electron chi connectivity index (χ3n) is 5.70. The number of imidazole rings is 1. The number of fused-ring (bicyclic) bond motifs is 1. The number of nitrogens with zero attached hydrogens (tertiary/aromatic N) is 4. The van der Waals surface area contributed by atoms with Gasteiger partial charge in [0.15, 0.2) is 11.2 Å². The molecule has 7 heteroatoms. The largest absolute Gasteiger partial charge is 0.330 e. The number of unbranched alkanes of at least 4 members (excludes halogenated alkanes) is 1. The minimum absolute atomic E-state index is 0.345. The van der Waals surface area contributed by atoms with Gasteiger partial charge in [0.25, 0.3) is 5.56 Å². The van der Waals surface area contributed by atoms with Gasteiger partial charge in [0.05, 0.1) is 13.1 Å². The van der Waals surface area contributed by atoms with E-state index >= 15 is 0 Å². The van der Waals surface area contributed by atoms with Crippen molar-refractivity contribution in [3.63, 3.8) is 0 Å². The number of piperidine rings is 1. The van der Waals surface area contributed by atoms with Crippen molar-refractivity contribution >= 4 is 11.2 Å². The van der Waals surface area contributed by atoms with Gasteiger partial charge in [-0.1, -0.05) is 50.1 Å². The van der Waals surface area contributed by atoms with Crippen LogP contribution in [0.25, 0.3) is 11.2 Å². The van der Waals surface area contributed by atoms with Crippen LogP contribution in [0.5, 0.6) is 0 Å². The van der Waals surface area contributed by atoms with Crippen molar-refractivity contribution in [2.24, 2.45) is 0 Å². The third-order valence-corrected chi connectivity index (χ3v) is 5.70. The lowest BCUT2D eigenvalue weighted by Gasteiger charge is -2.26. The number of rotatable bonds is 7. The van der Waals surface area contributed by atoms with Crippen LogP contribution >= 0.6 is 0 Å². The van der Waals surface area contributed by atoms with Gasteiger partial charge in [0.2, 0.25) is 0 Å². The minimum atomic E-state index is -0.406. The predicted molar refractivity (Wildman–Crippen MR) is 114 cm³/mol. The van der Waals surface area contributed by atoms with Gasteiger partial charge in [0.1, 0.15) is 5.82 Å². The monoisotopic (exact) mass is 395 g/mol. The molecule has 1 saturated heterocycles. The summed E-state index contributed by atoms with van der Waals surface area (Å²) in [5, 5.41) is 0. The van der Waals surface area contributed by atoms with Gasteiger partial charge < -0.3 is 4.57 Å². The Labute approximate surface area is 170 Å². The molecule has 0 saturated carbocycles. The quantitative estimate of drug-likeness (QED) is 0.667. The number of H-pyrrole nitrogens is 1. The highest BCUT2D eigenvalue weighted by Crippen LogP contribution is 2.18. The summed E-state index contributed by atoms with van der Waals surface area (Å²) in [6.45, 7) is 6.11. The van der Waals surface area contributed by atoms with Gasteiger partial charge in [-0.2, -0.15) is 0 Å². The number of hydrogen-bond acceptors (Lipinski definition) is 4. The maximum Gasteiger partial charge on any atom is 0.330 e. The smallest absolute Gasteiger partial charge is 0.321 e. The van der Waals surface area contributed by atoms with Crippen LogP contribution in [0.2, 0.25) is 0 Å². The lowest BCUT2D eigenvalue weighted by molar-refractivity contribution is 0.213. The van der Waals surface area contributed by atoms with Crippen LogP contribution < -0.4 is 11.2 Å². The lowest BCUT2D eigenvalue weighted by atomic mass is 10.1. The van der Waals surface area contributed by atoms with E-state index in [1.807, 2.05) is 34.9 Å². The van der Waals surface area contributed by atoms with E-state index in [0.29, 0.717) is 17.7 Å². The topological polar surface area (TPSA) is 75.9 Å². The molecule has 3 heterocycles. The molecule has 4 rings (SSSR count). The van der Waals surface area contributed by atoms with E-state index in [9.17, 15) is 9.59 Å². The van der Waals surface area contributed by atoms with Crippen molar-refractivity contribution in [1.82, 2.24) is 24.0 Å². The Balaban J connectivity index is 1.81. The molecule has 1 aliphatic rings. The van der Waals surface area contributed by atoms with Gasteiger partial charge in [-0.25, -0.2) is 9.78 Å². The molecule has 0 spiro atoms. The van der Waals surface area contributed by atoms with E-state index in [-0.39, 0.29) is 5.56 Å². The first-order valence-corrected chi connectivity index (χ1v) is 10.7. The summed E-state index contributed by atoms with van der Waals surface area (Å²) >= 11 is 0. The van der Waals surface area contributed by atoms with Crippen molar-refractivity contribution in [1.29, 1.82) is 0 Å². The average Bonchev–Trinajstić information content (AvgIpc) is 3.09. The van der Waals surface area contributed by atoms with Crippen LogP contribution in [-0.4, -0.2) is 37.1 Å². The predicted octanol–water partition coefficient (Wildman–Crippen LogP) is 2.72. The molecule has 29 heavy (non-hydrogen) atoms. The maximum atomic E-state index is 12.8. The van der Waals surface area contributed by atoms with E-state index in [1.165, 1.54) is 19.3 Å². The van der Waals surface area contributed by atoms with Crippen molar-refractivity contribution < 1.29 is 0 Å². The molecule has 1 aliphatic heterocycles. The zero-order chi connectivity index (χ0) is 20.2. The Kier molecular flexibility index (Phi) is 5.94. The highest BCUT2D eigenvalue weighted by molar-refractivity contribution is 5.71. The number of likely N-dealkylation sites (tertiary alicyclic amines) is 1. The molecule has 1 N–H and O–H groups in total. The van der Waals surface area contributed by atoms with Crippen molar-refractivity contribution in [2.45, 2.75) is 58.7 Å². The molecule has 0 radical (unpaired) electrons. The number of aromatic nitrogens is 4. The van der Waals surface area contributed by atoms with Crippen LogP contribution in [0.1, 0.15) is 50.4 Å². The van der Waals surface area contributed by atoms with Crippen LogP contribution in [-0.2, 0) is 19.6 Å². The van der Waals surface area contributed by atoms with Gasteiger partial charge in [0, 0.05) is 6.54 Å². The summed E-state index contributed by atoms with van der Waals surface area (Å²) in [5.74, 6) is 0.883. The second kappa shape index (κ2) is 8.78. The standard InChI is InChI=1S/C22H29N5O2/c1-2-3-14-26-18(16-25-12-8-5-9-13-25)23-20-19(26)21(28)24-22(29)27(20)15-17-10-6-4-7-11-17/h4,6-7,10-11H,2-3,5,8-9,12-16H2,1H3,(H,24,28,29). The Morgan fingerprint density at radius 1 is 1.00 bits per heavy atom. The highest BCUT2D eigenvalue weighted by atomic mass is 16.2. The van der Waals surface area contributed by atoms with E-state index in [0.717, 1.165) is 50.4 Å². The Morgan fingerprint density at radius 3 is 2.48 bits per heavy atom. The molecule has 0 amide bonds. The summed E-state index contributed by atoms with van der Waals surface area (Å²) in [7, 11) is 0. The summed E-state index contributed by atoms with van der Waals surface area (Å²) in [5.41, 5.74) is 1.26. The van der Waals surface area contributed by atoms with E-state index in [2.05, 4.69) is 16.8 Å². The van der Waals surface area contributed by atoms with Gasteiger partial charge in [-0.05, 0) is 37.9 Å². The zero-order valence-electron chi connectivity index (χ0n) is 17.1. The number of aryl methyl sites for hydroxylation is 1. The van der Waals surface area contributed by atoms with Gasteiger partial charge in [-0.3, -0.25) is 19.2 Å². The second-order valence-electron chi connectivity index (χ2n) is 7.87. The SMILES string of the molecule is CCCCn1c(CN2CCCCC2)nc2c1c(=O)[nH]c(=O)n2Cc1ccccc1. The number of hydrogen-bond donors (Lipinski definition) is 1. The maximum absolute atomic E-state index is 12.8. The molecule has 154 valence electrons. The summed E-state index contributed by atoms with van der Waals surface area (Å²) in [6.07, 6.45) is 5.68. The molecule has 0 aliphatic carbocycles. The fourth-order valence-corrected chi connectivity index (χ4v) is 4.13. The first-order valence-electron chi connectivity index (χ1n) is 10.7. The molecule has 1 aromatic carbocycles. The van der Waals surface area contributed by atoms with Crippen LogP contribution in [0.15, 0.2) is 39.9 Å². The number of nitrogens with one attached hydrogen (secondary N) is 1. The molecule has 1 fully saturated rings. The van der Waals surface area contributed by atoms with Gasteiger partial charge >= 0.3 is 5.69 Å². The minimum Gasteiger partial charge on any atom is -0.321 e. The Hall–Kier alpha value is -2.67. The molecular formula is C22H29N5O2. The second-order valence-corrected chi connectivity index (χ2v) is 7.87. The summed E-state index contributed by atoms with van der Waals surface area (Å²) in [4.78, 5) is 35.1. The van der Waals surface area contributed by atoms with Crippen LogP contribution in [0, 0.1) is 0 Å². The molecule has 0 atom stereocenters. The lowest BCUT2D eigenvalue weighted by Crippen LogP contribution is -2.31. The number of aromatic amines is 1. The normalized spacial score (nSPS) is 15.2. The van der Waals surface area contributed by atoms with Crippen molar-refractivity contribution in [3.8, 4) is 0 Å². The van der Waals surface area contributed by atoms with Crippen LogP contribution in [0.3, 0.4) is 0 Å². The first kappa shape index (κ1) is 19.6. The molecule has 0 unspecified atom stereocenters. The molecular weight excluding hydrogens is 366 g/mol. The molecule has 0 bridgehead atoms. The highest BCUT2D eigenvalue weighted by Gasteiger charge is 2.21. The van der Waals surface area contributed by atoms with E-state index < -0.39 is 5.69 Å². The summed E-state index contributed by atoms with van der Waals surface area (Å²) < 4.78 is 3.63. The van der Waals surface area contributed by atoms with Crippen molar-refractivity contribution in [2.75, 3.05) is 13.1 Å². The first-order chi connectivity index (χ1) is 14.2. The van der Waals surface area contributed by atoms with Gasteiger partial charge in [-0.15, -0.1) is 0 Å². The number of benzene rings is 1. The fraction of sp³-hybridized carbons (Fsp3) is 0.500. The molecule has 3 aromatic rings. The summed E-state index contributed by atoms with van der Waals surface area (Å²) in [6, 6.07) is 9.80. The van der Waals surface area contributed by atoms with Crippen LogP contribution in [0.4, 0.5) is 0 Å². The third kappa shape index (κ3) is 4.19. The Bertz CT molecular complexity index is 1070. The zero-order valence-corrected chi connectivity index (χ0v) is 17.1. The average molecular weight is 396 g/mol. The van der Waals surface area contributed by atoms with Crippen molar-refractivity contribution in [3.05, 3.63) is 62.6 Å². The Morgan fingerprint density at radius 2 is 1.76 bits per heavy atom. The molecule has 7 nitrogen and oxygen atoms in total. The van der Waals surface area contributed by atoms with E-state index in [4.69, 9.17) is 4.98 Å². The fourth-order valence-electron chi connectivity index (χ4n) is 4.13.